The Kier molecular flexibility index (Phi) is 6.44. The van der Waals surface area contributed by atoms with E-state index in [0.29, 0.717) is 18.7 Å². The number of hydrogen-bond donors (Lipinski definition) is 2. The summed E-state index contributed by atoms with van der Waals surface area (Å²) < 4.78 is 42.7. The molecule has 1 fully saturated rings. The topological polar surface area (TPSA) is 92.3 Å². The molecule has 9 heteroatoms. The molecule has 0 bridgehead atoms. The number of pyridine rings is 2. The van der Waals surface area contributed by atoms with Crippen molar-refractivity contribution in [3.8, 4) is 11.3 Å². The zero-order chi connectivity index (χ0) is 23.7. The zero-order valence-corrected chi connectivity index (χ0v) is 17.9. The predicted octanol–water partition coefficient (Wildman–Crippen LogP) is 3.13. The number of aliphatic hydroxyl groups excluding tert-OH is 1. The van der Waals surface area contributed by atoms with E-state index >= 15 is 0 Å². The summed E-state index contributed by atoms with van der Waals surface area (Å²) in [6.45, 7) is 2.85. The van der Waals surface area contributed by atoms with Gasteiger partial charge in [-0.1, -0.05) is 13.0 Å². The second-order valence-corrected chi connectivity index (χ2v) is 8.26. The van der Waals surface area contributed by atoms with Crippen LogP contribution in [0, 0.1) is 23.4 Å². The Morgan fingerprint density at radius 1 is 1.12 bits per heavy atom. The number of carbonyl (C=O) groups is 1. The first-order valence-electron chi connectivity index (χ1n) is 10.5. The van der Waals surface area contributed by atoms with Crippen molar-refractivity contribution >= 4 is 11.5 Å². The van der Waals surface area contributed by atoms with Crippen molar-refractivity contribution in [1.29, 1.82) is 0 Å². The van der Waals surface area contributed by atoms with Crippen LogP contribution in [-0.4, -0.2) is 46.1 Å². The summed E-state index contributed by atoms with van der Waals surface area (Å²) in [5.41, 5.74) is 6.11. The van der Waals surface area contributed by atoms with Crippen LogP contribution in [0.15, 0.2) is 48.8 Å². The molecule has 3 N–H and O–H groups in total. The Hall–Kier alpha value is -3.30. The summed E-state index contributed by atoms with van der Waals surface area (Å²) in [6, 6.07) is 6.63. The van der Waals surface area contributed by atoms with Gasteiger partial charge in [0.25, 0.3) is 0 Å². The van der Waals surface area contributed by atoms with Crippen molar-refractivity contribution in [2.75, 3.05) is 18.0 Å². The minimum absolute atomic E-state index is 0.0672. The Morgan fingerprint density at radius 2 is 1.85 bits per heavy atom. The van der Waals surface area contributed by atoms with Crippen LogP contribution >= 0.6 is 0 Å². The number of nitrogens with two attached hydrogens (primary N) is 1. The van der Waals surface area contributed by atoms with Crippen LogP contribution in [0.1, 0.15) is 23.0 Å². The molecule has 33 heavy (non-hydrogen) atoms. The third-order valence-electron chi connectivity index (χ3n) is 5.86. The number of halogens is 3. The van der Waals surface area contributed by atoms with Gasteiger partial charge in [-0.3, -0.25) is 9.78 Å². The van der Waals surface area contributed by atoms with Gasteiger partial charge in [0.2, 0.25) is 0 Å². The van der Waals surface area contributed by atoms with Crippen molar-refractivity contribution < 1.29 is 23.1 Å². The van der Waals surface area contributed by atoms with Crippen molar-refractivity contribution in [1.82, 2.24) is 9.97 Å². The standard InChI is InChI=1S/C24H23F3N4O2/c1-13-11-31(12-18(28)24(13)33)20-7-8-29-10-14(20)9-21(32)19-6-5-17(27)23(30-19)22-15(25)3-2-4-16(22)26/h2-8,10,13,18,24,33H,9,11-12,28H2,1H3/t13-,18+,24+/m1/s1. The van der Waals surface area contributed by atoms with E-state index in [1.54, 1.807) is 18.5 Å². The summed E-state index contributed by atoms with van der Waals surface area (Å²) in [4.78, 5) is 23.0. The van der Waals surface area contributed by atoms with Crippen LogP contribution in [0.5, 0.6) is 0 Å². The Morgan fingerprint density at radius 3 is 2.55 bits per heavy atom. The largest absolute Gasteiger partial charge is 0.391 e. The molecule has 1 saturated heterocycles. The molecule has 2 aromatic heterocycles. The van der Waals surface area contributed by atoms with Crippen LogP contribution in [0.3, 0.4) is 0 Å². The van der Waals surface area contributed by atoms with Gasteiger partial charge in [0.05, 0.1) is 11.7 Å². The maximum absolute atomic E-state index is 14.4. The maximum Gasteiger partial charge on any atom is 0.185 e. The SMILES string of the molecule is C[C@@H]1CN(c2ccncc2CC(=O)c2ccc(F)c(-c3c(F)cccc3F)n2)C[C@H](N)[C@H]1O. The molecule has 0 unspecified atom stereocenters. The molecular formula is C24H23F3N4O2. The highest BCUT2D eigenvalue weighted by Gasteiger charge is 2.32. The van der Waals surface area contributed by atoms with Gasteiger partial charge in [0, 0.05) is 55.1 Å². The second-order valence-electron chi connectivity index (χ2n) is 8.26. The second kappa shape index (κ2) is 9.29. The number of rotatable bonds is 5. The van der Waals surface area contributed by atoms with Crippen molar-refractivity contribution in [3.05, 3.63) is 77.5 Å². The fraction of sp³-hybridized carbons (Fsp3) is 0.292. The van der Waals surface area contributed by atoms with Gasteiger partial charge < -0.3 is 15.7 Å². The highest BCUT2D eigenvalue weighted by Crippen LogP contribution is 2.29. The molecule has 1 aliphatic heterocycles. The van der Waals surface area contributed by atoms with Crippen molar-refractivity contribution in [2.24, 2.45) is 11.7 Å². The number of nitrogens with zero attached hydrogens (tertiary/aromatic N) is 3. The lowest BCUT2D eigenvalue weighted by Gasteiger charge is -2.40. The molecular weight excluding hydrogens is 433 g/mol. The average Bonchev–Trinajstić information content (AvgIpc) is 2.78. The lowest BCUT2D eigenvalue weighted by molar-refractivity contribution is 0.0784. The zero-order valence-electron chi connectivity index (χ0n) is 17.9. The molecule has 1 aromatic carbocycles. The van der Waals surface area contributed by atoms with Gasteiger partial charge in [-0.15, -0.1) is 0 Å². The van der Waals surface area contributed by atoms with E-state index in [-0.39, 0.29) is 18.0 Å². The maximum atomic E-state index is 14.4. The van der Waals surface area contributed by atoms with Crippen LogP contribution in [0.25, 0.3) is 11.3 Å². The van der Waals surface area contributed by atoms with Gasteiger partial charge in [-0.2, -0.15) is 0 Å². The summed E-state index contributed by atoms with van der Waals surface area (Å²) in [5.74, 6) is -3.41. The van der Waals surface area contributed by atoms with Gasteiger partial charge >= 0.3 is 0 Å². The summed E-state index contributed by atoms with van der Waals surface area (Å²) in [5, 5.41) is 10.1. The van der Waals surface area contributed by atoms with Gasteiger partial charge in [0.1, 0.15) is 28.8 Å². The minimum Gasteiger partial charge on any atom is -0.391 e. The molecule has 0 spiro atoms. The fourth-order valence-electron chi connectivity index (χ4n) is 4.14. The quantitative estimate of drug-likeness (QED) is 0.573. The van der Waals surface area contributed by atoms with Gasteiger partial charge in [-0.25, -0.2) is 18.2 Å². The Balaban J connectivity index is 1.63. The lowest BCUT2D eigenvalue weighted by Crippen LogP contribution is -2.55. The molecule has 6 nitrogen and oxygen atoms in total. The molecule has 172 valence electrons. The molecule has 1 aliphatic rings. The van der Waals surface area contributed by atoms with Gasteiger partial charge in [0.15, 0.2) is 5.78 Å². The number of carbonyl (C=O) groups excluding carboxylic acids is 1. The number of aromatic nitrogens is 2. The van der Waals surface area contributed by atoms with Crippen molar-refractivity contribution in [3.63, 3.8) is 0 Å². The number of Topliss-reactive ketones (excluding diaryl/α,β-unsaturated/α-hetero) is 1. The van der Waals surface area contributed by atoms with Crippen LogP contribution in [0.2, 0.25) is 0 Å². The number of anilines is 1. The molecule has 4 rings (SSSR count). The van der Waals surface area contributed by atoms with E-state index in [0.717, 1.165) is 30.0 Å². The molecule has 0 amide bonds. The third kappa shape index (κ3) is 4.60. The first-order valence-corrected chi connectivity index (χ1v) is 10.5. The first kappa shape index (κ1) is 22.9. The van der Waals surface area contributed by atoms with E-state index in [4.69, 9.17) is 5.73 Å². The summed E-state index contributed by atoms with van der Waals surface area (Å²) >= 11 is 0. The minimum atomic E-state index is -0.974. The van der Waals surface area contributed by atoms with Crippen LogP contribution in [0.4, 0.5) is 18.9 Å². The van der Waals surface area contributed by atoms with E-state index < -0.39 is 46.6 Å². The molecule has 3 heterocycles. The molecule has 3 aromatic rings. The van der Waals surface area contributed by atoms with E-state index in [9.17, 15) is 23.1 Å². The molecule has 3 atom stereocenters. The van der Waals surface area contributed by atoms with Gasteiger partial charge in [-0.05, 0) is 30.3 Å². The van der Waals surface area contributed by atoms with Crippen LogP contribution < -0.4 is 10.6 Å². The monoisotopic (exact) mass is 456 g/mol. The molecule has 0 saturated carbocycles. The highest BCUT2D eigenvalue weighted by atomic mass is 19.1. The number of ketones is 1. The van der Waals surface area contributed by atoms with Crippen molar-refractivity contribution in [2.45, 2.75) is 25.5 Å². The third-order valence-corrected chi connectivity index (χ3v) is 5.86. The normalized spacial score (nSPS) is 20.7. The molecule has 0 radical (unpaired) electrons. The number of benzene rings is 1. The van der Waals surface area contributed by atoms with E-state index in [1.165, 1.54) is 6.07 Å². The fourth-order valence-corrected chi connectivity index (χ4v) is 4.14. The Labute approximate surface area is 188 Å². The van der Waals surface area contributed by atoms with E-state index in [1.807, 2.05) is 11.8 Å². The molecule has 0 aliphatic carbocycles. The average molecular weight is 456 g/mol. The first-order chi connectivity index (χ1) is 15.8. The summed E-state index contributed by atoms with van der Waals surface area (Å²) in [6.07, 6.45) is 2.42. The predicted molar refractivity (Wildman–Crippen MR) is 117 cm³/mol. The highest BCUT2D eigenvalue weighted by molar-refractivity contribution is 5.97. The number of piperidine rings is 1. The number of hydrogen-bond acceptors (Lipinski definition) is 6. The van der Waals surface area contributed by atoms with E-state index in [2.05, 4.69) is 9.97 Å². The smallest absolute Gasteiger partial charge is 0.185 e. The number of aliphatic hydroxyl groups is 1. The van der Waals surface area contributed by atoms with Crippen LogP contribution in [-0.2, 0) is 6.42 Å². The Bertz CT molecular complexity index is 1160. The lowest BCUT2D eigenvalue weighted by atomic mass is 9.92. The summed E-state index contributed by atoms with van der Waals surface area (Å²) in [7, 11) is 0.